The van der Waals surface area contributed by atoms with Crippen molar-refractivity contribution < 1.29 is 58.1 Å². The van der Waals surface area contributed by atoms with Gasteiger partial charge >= 0.3 is 5.97 Å². The Hall–Kier alpha value is -1.81. The number of likely N-dealkylation sites (N-methyl/N-ethyl adjacent to an activating group) is 1. The van der Waals surface area contributed by atoms with Crippen LogP contribution in [-0.4, -0.2) is 132 Å². The molecule has 3 saturated heterocycles. The summed E-state index contributed by atoms with van der Waals surface area (Å²) in [7, 11) is 3.63. The molecule has 3 fully saturated rings. The Morgan fingerprint density at radius 1 is 0.960 bits per heavy atom. The number of epoxide rings is 1. The molecule has 4 aliphatic heterocycles. The Bertz CT molecular complexity index is 1180. The molecule has 0 spiro atoms. The topological polar surface area (TPSA) is 174 Å². The lowest BCUT2D eigenvalue weighted by Crippen LogP contribution is -2.64. The molecule has 4 aliphatic rings. The molecule has 0 bridgehead atoms. The van der Waals surface area contributed by atoms with Crippen LogP contribution in [-0.2, 0) is 42.8 Å². The highest BCUT2D eigenvalue weighted by Gasteiger charge is 2.55. The van der Waals surface area contributed by atoms with Gasteiger partial charge in [-0.1, -0.05) is 27.7 Å². The minimum Gasteiger partial charge on any atom is -0.462 e. The monoisotopic (exact) mass is 711 g/mol. The summed E-state index contributed by atoms with van der Waals surface area (Å²) < 4.78 is 37.0. The second kappa shape index (κ2) is 17.3. The summed E-state index contributed by atoms with van der Waals surface area (Å²) in [6.07, 6.45) is -2.51. The number of hydrogen-bond donors (Lipinski definition) is 3. The Morgan fingerprint density at radius 3 is 2.28 bits per heavy atom. The molecule has 13 nitrogen and oxygen atoms in total. The van der Waals surface area contributed by atoms with Crippen LogP contribution in [0.15, 0.2) is 12.2 Å². The van der Waals surface area contributed by atoms with E-state index in [9.17, 15) is 29.7 Å². The first kappa shape index (κ1) is 41.0. The maximum absolute atomic E-state index is 13.4. The predicted molar refractivity (Wildman–Crippen MR) is 182 cm³/mol. The van der Waals surface area contributed by atoms with Crippen LogP contribution in [0.1, 0.15) is 87.0 Å². The first-order valence-corrected chi connectivity index (χ1v) is 18.4. The van der Waals surface area contributed by atoms with Crippen LogP contribution in [0, 0.1) is 23.7 Å². The number of ketones is 1. The van der Waals surface area contributed by atoms with Crippen LogP contribution >= 0.6 is 0 Å². The van der Waals surface area contributed by atoms with Gasteiger partial charge in [-0.25, -0.2) is 0 Å². The Balaban J connectivity index is 1.61. The number of fused-ring (bicyclic) bond motifs is 1. The number of aliphatic hydroxyl groups excluding tert-OH is 3. The van der Waals surface area contributed by atoms with Crippen molar-refractivity contribution in [3.05, 3.63) is 12.2 Å². The standard InChI is InChI=1S/C37H61NO12/c1-10-28-21(4)35-37(7,50-35)15-13-25(40)19(2)17-24(14-16-39)33(20(3)27(42)18-29(43)47-28)49-36-32(44)31(38(8)9)34(23(6)46-36)48-30-12-11-26(41)22(5)45-30/h13,15-16,19-24,26-28,30-36,41-42,44H,10-12,14,17-18H2,1-9H3/t19?,20?,21?,22-,23?,24?,26+,27?,28?,30+,31?,32?,33?,34?,35?,36?,37?/m0/s1. The largest absolute Gasteiger partial charge is 0.462 e. The molecule has 4 heterocycles. The molecule has 50 heavy (non-hydrogen) atoms. The molecule has 17 atom stereocenters. The Morgan fingerprint density at radius 2 is 1.66 bits per heavy atom. The van der Waals surface area contributed by atoms with Gasteiger partial charge in [0, 0.05) is 30.6 Å². The van der Waals surface area contributed by atoms with Crippen LogP contribution in [0.25, 0.3) is 0 Å². The van der Waals surface area contributed by atoms with Crippen molar-refractivity contribution in [1.82, 2.24) is 4.90 Å². The van der Waals surface area contributed by atoms with E-state index in [0.717, 1.165) is 6.29 Å². The lowest BCUT2D eigenvalue weighted by atomic mass is 9.79. The summed E-state index contributed by atoms with van der Waals surface area (Å²) in [5.74, 6) is -2.66. The molecular formula is C37H61NO12. The molecule has 0 amide bonds. The van der Waals surface area contributed by atoms with Gasteiger partial charge in [0.1, 0.15) is 30.2 Å². The molecule has 3 N–H and O–H groups in total. The van der Waals surface area contributed by atoms with Gasteiger partial charge in [0.25, 0.3) is 0 Å². The summed E-state index contributed by atoms with van der Waals surface area (Å²) in [6, 6.07) is -0.603. The van der Waals surface area contributed by atoms with Crippen molar-refractivity contribution in [3.63, 3.8) is 0 Å². The molecule has 0 radical (unpaired) electrons. The first-order valence-electron chi connectivity index (χ1n) is 18.4. The summed E-state index contributed by atoms with van der Waals surface area (Å²) in [6.45, 7) is 12.9. The molecule has 13 heteroatoms. The normalized spacial score (nSPS) is 46.7. The van der Waals surface area contributed by atoms with E-state index in [1.54, 1.807) is 26.8 Å². The van der Waals surface area contributed by atoms with Crippen molar-refractivity contribution in [3.8, 4) is 0 Å². The molecule has 0 aromatic heterocycles. The number of esters is 1. The number of cyclic esters (lactones) is 1. The SMILES string of the molecule is CCC1OC(=O)CC(O)C(C)C(OC2OC(C)C(O[C@@H]3CC[C@@H](O)[C@H](C)O3)C(N(C)C)C2O)C(CC=O)CC(C)C(=O)C=CC2(C)OC2C1C. The number of aldehydes is 1. The molecule has 286 valence electrons. The van der Waals surface area contributed by atoms with E-state index in [4.69, 9.17) is 28.4 Å². The van der Waals surface area contributed by atoms with Gasteiger partial charge in [-0.2, -0.15) is 0 Å². The van der Waals surface area contributed by atoms with Crippen molar-refractivity contribution in [2.45, 2.75) is 166 Å². The Labute approximate surface area is 296 Å². The predicted octanol–water partition coefficient (Wildman–Crippen LogP) is 2.55. The van der Waals surface area contributed by atoms with Crippen LogP contribution in [0.2, 0.25) is 0 Å². The lowest BCUT2D eigenvalue weighted by molar-refractivity contribution is -0.332. The molecule has 14 unspecified atom stereocenters. The van der Waals surface area contributed by atoms with E-state index in [-0.39, 0.29) is 37.1 Å². The number of nitrogens with zero attached hydrogens (tertiary/aromatic N) is 1. The average Bonchev–Trinajstić information content (AvgIpc) is 3.74. The minimum atomic E-state index is -1.23. The maximum atomic E-state index is 13.4. The zero-order chi connectivity index (χ0) is 37.1. The molecule has 0 aromatic rings. The van der Waals surface area contributed by atoms with Crippen molar-refractivity contribution in [2.75, 3.05) is 14.1 Å². The molecule has 4 rings (SSSR count). The third-order valence-corrected chi connectivity index (χ3v) is 11.3. The van der Waals surface area contributed by atoms with Gasteiger partial charge in [0.05, 0.1) is 49.1 Å². The van der Waals surface area contributed by atoms with Gasteiger partial charge in [0.15, 0.2) is 18.4 Å². The number of hydrogen-bond acceptors (Lipinski definition) is 13. The quantitative estimate of drug-likeness (QED) is 0.191. The number of ether oxygens (including phenoxy) is 6. The number of allylic oxidation sites excluding steroid dienone is 1. The number of aliphatic hydroxyl groups is 3. The average molecular weight is 712 g/mol. The van der Waals surface area contributed by atoms with E-state index in [1.165, 1.54) is 6.08 Å². The van der Waals surface area contributed by atoms with Gasteiger partial charge < -0.3 is 53.4 Å². The van der Waals surface area contributed by atoms with Crippen molar-refractivity contribution >= 4 is 18.0 Å². The van der Waals surface area contributed by atoms with E-state index in [1.807, 2.05) is 46.7 Å². The zero-order valence-corrected chi connectivity index (χ0v) is 31.2. The third kappa shape index (κ3) is 9.59. The number of carbonyl (C=O) groups excluding carboxylic acids is 3. The van der Waals surface area contributed by atoms with Crippen molar-refractivity contribution in [1.29, 1.82) is 0 Å². The lowest BCUT2D eigenvalue weighted by Gasteiger charge is -2.49. The second-order valence-corrected chi connectivity index (χ2v) is 15.5. The zero-order valence-electron chi connectivity index (χ0n) is 31.2. The second-order valence-electron chi connectivity index (χ2n) is 15.5. The van der Waals surface area contributed by atoms with E-state index < -0.39 is 96.8 Å². The van der Waals surface area contributed by atoms with Gasteiger partial charge in [-0.3, -0.25) is 9.59 Å². The van der Waals surface area contributed by atoms with E-state index in [0.29, 0.717) is 19.3 Å². The van der Waals surface area contributed by atoms with Crippen LogP contribution in [0.3, 0.4) is 0 Å². The van der Waals surface area contributed by atoms with Crippen LogP contribution < -0.4 is 0 Å². The van der Waals surface area contributed by atoms with Gasteiger partial charge in [-0.15, -0.1) is 0 Å². The summed E-state index contributed by atoms with van der Waals surface area (Å²) in [5, 5.41) is 33.4. The molecular weight excluding hydrogens is 650 g/mol. The highest BCUT2D eigenvalue weighted by molar-refractivity contribution is 5.91. The molecule has 0 saturated carbocycles. The first-order chi connectivity index (χ1) is 23.5. The fraction of sp³-hybridized carbons (Fsp3) is 0.865. The number of carbonyl (C=O) groups is 3. The van der Waals surface area contributed by atoms with E-state index >= 15 is 0 Å². The Kier molecular flexibility index (Phi) is 14.2. The number of rotatable bonds is 8. The summed E-state index contributed by atoms with van der Waals surface area (Å²) in [5.41, 5.74) is -0.675. The third-order valence-electron chi connectivity index (χ3n) is 11.3. The van der Waals surface area contributed by atoms with Crippen molar-refractivity contribution in [2.24, 2.45) is 23.7 Å². The summed E-state index contributed by atoms with van der Waals surface area (Å²) >= 11 is 0. The fourth-order valence-electron chi connectivity index (χ4n) is 7.96. The molecule has 0 aliphatic carbocycles. The van der Waals surface area contributed by atoms with Gasteiger partial charge in [-0.05, 0) is 72.2 Å². The minimum absolute atomic E-state index is 0.0100. The van der Waals surface area contributed by atoms with Crippen LogP contribution in [0.4, 0.5) is 0 Å². The van der Waals surface area contributed by atoms with Crippen LogP contribution in [0.5, 0.6) is 0 Å². The highest BCUT2D eigenvalue weighted by Crippen LogP contribution is 2.45. The highest BCUT2D eigenvalue weighted by atomic mass is 16.7. The smallest absolute Gasteiger partial charge is 0.308 e. The van der Waals surface area contributed by atoms with Gasteiger partial charge in [0.2, 0.25) is 0 Å². The fourth-order valence-corrected chi connectivity index (χ4v) is 7.96. The summed E-state index contributed by atoms with van der Waals surface area (Å²) in [4.78, 5) is 40.5. The molecule has 0 aromatic carbocycles. The maximum Gasteiger partial charge on any atom is 0.308 e. The van der Waals surface area contributed by atoms with E-state index in [2.05, 4.69) is 0 Å².